The molecule has 2 aliphatic heterocycles. The first-order chi connectivity index (χ1) is 11.5. The topological polar surface area (TPSA) is 45.7 Å². The normalized spacial score (nSPS) is 28.8. The lowest BCUT2D eigenvalue weighted by Gasteiger charge is -2.31. The number of fused-ring (bicyclic) bond motifs is 1. The number of ether oxygens (including phenoxy) is 1. The largest absolute Gasteiger partial charge is 0.466 e. The lowest BCUT2D eigenvalue weighted by atomic mass is 9.75. The molecule has 1 aromatic rings. The van der Waals surface area contributed by atoms with Crippen molar-refractivity contribution >= 4 is 17.3 Å². The number of nitrogens with zero attached hydrogens (tertiary/aromatic N) is 3. The van der Waals surface area contributed by atoms with E-state index >= 15 is 0 Å². The van der Waals surface area contributed by atoms with Gasteiger partial charge in [0.15, 0.2) is 0 Å². The fourth-order valence-corrected chi connectivity index (χ4v) is 4.88. The van der Waals surface area contributed by atoms with Crippen LogP contribution < -0.4 is 0 Å². The van der Waals surface area contributed by atoms with Crippen LogP contribution in [0, 0.1) is 11.3 Å². The van der Waals surface area contributed by atoms with Gasteiger partial charge in [0.05, 0.1) is 18.6 Å². The molecule has 0 aliphatic carbocycles. The van der Waals surface area contributed by atoms with E-state index in [1.165, 1.54) is 0 Å². The van der Waals surface area contributed by atoms with E-state index in [1.54, 1.807) is 11.3 Å². The Bertz CT molecular complexity index is 548. The Hall–Kier alpha value is -0.980. The van der Waals surface area contributed by atoms with Crippen molar-refractivity contribution < 1.29 is 9.53 Å². The highest BCUT2D eigenvalue weighted by atomic mass is 32.1. The van der Waals surface area contributed by atoms with E-state index in [2.05, 4.69) is 28.6 Å². The quantitative estimate of drug-likeness (QED) is 0.763. The van der Waals surface area contributed by atoms with Gasteiger partial charge < -0.3 is 4.74 Å². The van der Waals surface area contributed by atoms with Crippen molar-refractivity contribution in [1.29, 1.82) is 0 Å². The molecule has 0 saturated carbocycles. The maximum atomic E-state index is 12.9. The number of carbonyl (C=O) groups excluding carboxylic acids is 1. The molecule has 0 N–H and O–H groups in total. The third-order valence-corrected chi connectivity index (χ3v) is 6.32. The Morgan fingerprint density at radius 1 is 1.50 bits per heavy atom. The number of aromatic nitrogens is 1. The van der Waals surface area contributed by atoms with Crippen molar-refractivity contribution in [2.75, 3.05) is 32.8 Å². The summed E-state index contributed by atoms with van der Waals surface area (Å²) in [7, 11) is 0. The lowest BCUT2D eigenvalue weighted by molar-refractivity contribution is -0.157. The van der Waals surface area contributed by atoms with Gasteiger partial charge in [-0.15, -0.1) is 11.3 Å². The van der Waals surface area contributed by atoms with Gasteiger partial charge in [-0.3, -0.25) is 14.6 Å². The molecule has 0 radical (unpaired) electrons. The molecule has 1 aromatic heterocycles. The van der Waals surface area contributed by atoms with Crippen LogP contribution in [0.4, 0.5) is 0 Å². The third-order valence-electron chi connectivity index (χ3n) is 5.55. The van der Waals surface area contributed by atoms with Crippen LogP contribution in [0.15, 0.2) is 11.6 Å². The predicted molar refractivity (Wildman–Crippen MR) is 95.9 cm³/mol. The smallest absolute Gasteiger partial charge is 0.313 e. The van der Waals surface area contributed by atoms with Gasteiger partial charge in [-0.25, -0.2) is 4.98 Å². The third kappa shape index (κ3) is 3.51. The number of likely N-dealkylation sites (tertiary alicyclic amines) is 2. The first kappa shape index (κ1) is 17.8. The number of thiazole rings is 1. The summed E-state index contributed by atoms with van der Waals surface area (Å²) in [5, 5.41) is 3.20. The first-order valence-corrected chi connectivity index (χ1v) is 9.95. The van der Waals surface area contributed by atoms with Gasteiger partial charge in [-0.1, -0.05) is 0 Å². The molecule has 2 atom stereocenters. The summed E-state index contributed by atoms with van der Waals surface area (Å²) in [6.45, 7) is 11.6. The summed E-state index contributed by atoms with van der Waals surface area (Å²) in [6.07, 6.45) is 3.86. The Kier molecular flexibility index (Phi) is 5.57. The molecule has 134 valence electrons. The summed E-state index contributed by atoms with van der Waals surface area (Å²) in [5.41, 5.74) is -0.322. The van der Waals surface area contributed by atoms with E-state index in [4.69, 9.17) is 4.74 Å². The molecule has 2 aliphatic rings. The summed E-state index contributed by atoms with van der Waals surface area (Å²) in [4.78, 5) is 22.2. The molecule has 3 heterocycles. The van der Waals surface area contributed by atoms with E-state index in [-0.39, 0.29) is 11.4 Å². The SMILES string of the molecule is CCOC(=O)[C@]12CCCN(Cc3nccs3)C[C@H]1CN(C(C)C)C2. The molecule has 6 heteroatoms. The molecule has 0 bridgehead atoms. The van der Waals surface area contributed by atoms with Crippen LogP contribution in [0.2, 0.25) is 0 Å². The molecular weight excluding hydrogens is 322 g/mol. The number of hydrogen-bond donors (Lipinski definition) is 0. The molecule has 5 nitrogen and oxygen atoms in total. The molecule has 2 fully saturated rings. The van der Waals surface area contributed by atoms with Crippen LogP contribution in [0.1, 0.15) is 38.6 Å². The van der Waals surface area contributed by atoms with Crippen LogP contribution in [0.5, 0.6) is 0 Å². The average Bonchev–Trinajstić information content (AvgIpc) is 3.13. The predicted octanol–water partition coefficient (Wildman–Crippen LogP) is 2.63. The summed E-state index contributed by atoms with van der Waals surface area (Å²) in [5.74, 6) is 0.371. The van der Waals surface area contributed by atoms with Crippen molar-refractivity contribution in [3.05, 3.63) is 16.6 Å². The van der Waals surface area contributed by atoms with Crippen LogP contribution in [0.3, 0.4) is 0 Å². The Labute approximate surface area is 149 Å². The van der Waals surface area contributed by atoms with Gasteiger partial charge in [-0.2, -0.15) is 0 Å². The molecule has 2 saturated heterocycles. The maximum absolute atomic E-state index is 12.9. The van der Waals surface area contributed by atoms with Gasteiger partial charge >= 0.3 is 5.97 Å². The molecule has 24 heavy (non-hydrogen) atoms. The van der Waals surface area contributed by atoms with Crippen molar-refractivity contribution in [1.82, 2.24) is 14.8 Å². The van der Waals surface area contributed by atoms with Crippen LogP contribution in [-0.4, -0.2) is 59.6 Å². The van der Waals surface area contributed by atoms with Gasteiger partial charge in [0.1, 0.15) is 5.01 Å². The molecule has 0 spiro atoms. The fourth-order valence-electron chi connectivity index (χ4n) is 4.22. The van der Waals surface area contributed by atoms with Crippen LogP contribution in [0.25, 0.3) is 0 Å². The second-order valence-corrected chi connectivity index (χ2v) is 8.34. The van der Waals surface area contributed by atoms with Gasteiger partial charge in [-0.05, 0) is 40.2 Å². The highest BCUT2D eigenvalue weighted by molar-refractivity contribution is 7.09. The zero-order valence-corrected chi connectivity index (χ0v) is 15.8. The van der Waals surface area contributed by atoms with E-state index in [9.17, 15) is 4.79 Å². The Balaban J connectivity index is 1.79. The van der Waals surface area contributed by atoms with Gasteiger partial charge in [0.25, 0.3) is 0 Å². The van der Waals surface area contributed by atoms with Gasteiger partial charge in [0, 0.05) is 43.2 Å². The van der Waals surface area contributed by atoms with Crippen molar-refractivity contribution in [2.24, 2.45) is 11.3 Å². The van der Waals surface area contributed by atoms with Crippen LogP contribution >= 0.6 is 11.3 Å². The minimum absolute atomic E-state index is 0.0225. The fraction of sp³-hybridized carbons (Fsp3) is 0.778. The standard InChI is InChI=1S/C18H29N3O2S/c1-4-23-17(22)18-6-5-8-20(12-16-19-7-9-24-16)10-15(18)11-21(13-18)14(2)3/h7,9,14-15H,4-6,8,10-13H2,1-3H3/t15-,18-/m0/s1. The summed E-state index contributed by atoms with van der Waals surface area (Å²) < 4.78 is 5.52. The van der Waals surface area contributed by atoms with Crippen molar-refractivity contribution in [3.8, 4) is 0 Å². The minimum atomic E-state index is -0.322. The number of rotatable bonds is 5. The Morgan fingerprint density at radius 2 is 2.33 bits per heavy atom. The molecule has 3 rings (SSSR count). The number of hydrogen-bond acceptors (Lipinski definition) is 6. The van der Waals surface area contributed by atoms with E-state index < -0.39 is 0 Å². The minimum Gasteiger partial charge on any atom is -0.466 e. The first-order valence-electron chi connectivity index (χ1n) is 9.07. The molecule has 0 aromatic carbocycles. The van der Waals surface area contributed by atoms with E-state index in [0.29, 0.717) is 18.6 Å². The Morgan fingerprint density at radius 3 is 3.00 bits per heavy atom. The average molecular weight is 352 g/mol. The molecule has 0 amide bonds. The maximum Gasteiger partial charge on any atom is 0.313 e. The van der Waals surface area contributed by atoms with Crippen LogP contribution in [-0.2, 0) is 16.1 Å². The van der Waals surface area contributed by atoms with Crippen molar-refractivity contribution in [2.45, 2.75) is 46.2 Å². The summed E-state index contributed by atoms with van der Waals surface area (Å²) >= 11 is 1.71. The number of carbonyl (C=O) groups is 1. The highest BCUT2D eigenvalue weighted by Gasteiger charge is 2.54. The molecular formula is C18H29N3O2S. The summed E-state index contributed by atoms with van der Waals surface area (Å²) in [6, 6.07) is 0.468. The molecule has 0 unspecified atom stereocenters. The van der Waals surface area contributed by atoms with E-state index in [0.717, 1.165) is 50.6 Å². The second kappa shape index (κ2) is 7.50. The second-order valence-electron chi connectivity index (χ2n) is 7.36. The van der Waals surface area contributed by atoms with Gasteiger partial charge in [0.2, 0.25) is 0 Å². The van der Waals surface area contributed by atoms with Crippen molar-refractivity contribution in [3.63, 3.8) is 0 Å². The highest BCUT2D eigenvalue weighted by Crippen LogP contribution is 2.44. The monoisotopic (exact) mass is 351 g/mol. The zero-order chi connectivity index (χ0) is 17.2. The van der Waals surface area contributed by atoms with E-state index in [1.807, 2.05) is 18.5 Å². The lowest BCUT2D eigenvalue weighted by Crippen LogP contribution is -2.42. The zero-order valence-electron chi connectivity index (χ0n) is 15.0. The number of esters is 1.